The zero-order valence-corrected chi connectivity index (χ0v) is 14.9. The fraction of sp³-hybridized carbons (Fsp3) is 0.316. The zero-order chi connectivity index (χ0) is 16.8. The number of rotatable bonds is 6. The van der Waals surface area contributed by atoms with Crippen LogP contribution in [-0.4, -0.2) is 18.8 Å². The van der Waals surface area contributed by atoms with Crippen LogP contribution in [0.15, 0.2) is 47.4 Å². The van der Waals surface area contributed by atoms with E-state index in [2.05, 4.69) is 24.4 Å². The highest BCUT2D eigenvalue weighted by molar-refractivity contribution is 8.00. The minimum atomic E-state index is -0.0881. The summed E-state index contributed by atoms with van der Waals surface area (Å²) >= 11 is 1.56. The van der Waals surface area contributed by atoms with E-state index in [0.717, 1.165) is 21.8 Å². The number of benzene rings is 2. The van der Waals surface area contributed by atoms with E-state index < -0.39 is 0 Å². The van der Waals surface area contributed by atoms with Crippen molar-refractivity contribution in [2.24, 2.45) is 0 Å². The number of carbonyl (C=O) groups is 1. The Morgan fingerprint density at radius 3 is 2.65 bits per heavy atom. The normalized spacial score (nSPS) is 11.8. The number of ether oxygens (including phenoxy) is 1. The highest BCUT2D eigenvalue weighted by Gasteiger charge is 2.14. The lowest BCUT2D eigenvalue weighted by molar-refractivity contribution is -0.119. The van der Waals surface area contributed by atoms with E-state index in [-0.39, 0.29) is 11.9 Å². The Bertz CT molecular complexity index is 685. The van der Waals surface area contributed by atoms with Crippen molar-refractivity contribution in [2.75, 3.05) is 12.9 Å². The fourth-order valence-corrected chi connectivity index (χ4v) is 3.26. The Kier molecular flexibility index (Phi) is 6.11. The van der Waals surface area contributed by atoms with Crippen LogP contribution in [-0.2, 0) is 4.79 Å². The van der Waals surface area contributed by atoms with Crippen LogP contribution in [0, 0.1) is 13.8 Å². The van der Waals surface area contributed by atoms with Gasteiger partial charge in [0.2, 0.25) is 5.91 Å². The van der Waals surface area contributed by atoms with Gasteiger partial charge < -0.3 is 10.1 Å². The molecule has 4 heteroatoms. The molecule has 0 aromatic heterocycles. The van der Waals surface area contributed by atoms with Crippen LogP contribution in [0.1, 0.15) is 29.7 Å². The third-order valence-corrected chi connectivity index (χ3v) is 4.86. The summed E-state index contributed by atoms with van der Waals surface area (Å²) in [4.78, 5) is 13.4. The third kappa shape index (κ3) is 4.76. The number of thioether (sulfide) groups is 1. The lowest BCUT2D eigenvalue weighted by atomic mass is 10.0. The first-order valence-electron chi connectivity index (χ1n) is 7.63. The van der Waals surface area contributed by atoms with Gasteiger partial charge in [-0.3, -0.25) is 4.79 Å². The molecule has 1 unspecified atom stereocenters. The number of hydrogen-bond donors (Lipinski definition) is 1. The quantitative estimate of drug-likeness (QED) is 0.804. The summed E-state index contributed by atoms with van der Waals surface area (Å²) < 4.78 is 5.39. The molecule has 2 aromatic carbocycles. The van der Waals surface area contributed by atoms with Crippen LogP contribution in [0.4, 0.5) is 0 Å². The van der Waals surface area contributed by atoms with Gasteiger partial charge in [0.1, 0.15) is 5.75 Å². The van der Waals surface area contributed by atoms with Gasteiger partial charge in [-0.15, -0.1) is 11.8 Å². The highest BCUT2D eigenvalue weighted by Crippen LogP contribution is 2.26. The summed E-state index contributed by atoms with van der Waals surface area (Å²) in [7, 11) is 1.65. The molecule has 0 aliphatic rings. The predicted octanol–water partition coefficient (Wildman–Crippen LogP) is 4.28. The van der Waals surface area contributed by atoms with Gasteiger partial charge in [0.25, 0.3) is 0 Å². The monoisotopic (exact) mass is 329 g/mol. The first-order chi connectivity index (χ1) is 11.0. The molecule has 2 aromatic rings. The maximum atomic E-state index is 12.2. The number of amides is 1. The predicted molar refractivity (Wildman–Crippen MR) is 96.2 cm³/mol. The van der Waals surface area contributed by atoms with E-state index in [1.807, 2.05) is 44.2 Å². The maximum absolute atomic E-state index is 12.2. The average molecular weight is 329 g/mol. The molecule has 0 saturated carbocycles. The molecular weight excluding hydrogens is 306 g/mol. The number of carbonyl (C=O) groups excluding carboxylic acids is 1. The van der Waals surface area contributed by atoms with Crippen molar-refractivity contribution in [2.45, 2.75) is 31.7 Å². The van der Waals surface area contributed by atoms with Gasteiger partial charge in [0, 0.05) is 10.5 Å². The lowest BCUT2D eigenvalue weighted by Crippen LogP contribution is -2.28. The first-order valence-corrected chi connectivity index (χ1v) is 8.62. The molecular formula is C19H23NO2S. The van der Waals surface area contributed by atoms with E-state index in [0.29, 0.717) is 5.75 Å². The molecule has 23 heavy (non-hydrogen) atoms. The minimum absolute atomic E-state index is 0.0225. The van der Waals surface area contributed by atoms with Crippen molar-refractivity contribution in [3.05, 3.63) is 59.2 Å². The second kappa shape index (κ2) is 8.06. The van der Waals surface area contributed by atoms with Gasteiger partial charge in [-0.2, -0.15) is 0 Å². The van der Waals surface area contributed by atoms with Crippen molar-refractivity contribution in [1.82, 2.24) is 5.32 Å². The summed E-state index contributed by atoms with van der Waals surface area (Å²) in [6.07, 6.45) is 0. The van der Waals surface area contributed by atoms with Crippen LogP contribution in [0.25, 0.3) is 0 Å². The summed E-state index contributed by atoms with van der Waals surface area (Å²) in [6.45, 7) is 6.07. The molecule has 1 atom stereocenters. The molecule has 0 bridgehead atoms. The molecule has 0 radical (unpaired) electrons. The molecule has 0 spiro atoms. The summed E-state index contributed by atoms with van der Waals surface area (Å²) in [6, 6.07) is 14.0. The third-order valence-electron chi connectivity index (χ3n) is 3.68. The molecule has 122 valence electrons. The number of nitrogens with one attached hydrogen (secondary N) is 1. The topological polar surface area (TPSA) is 38.3 Å². The van der Waals surface area contributed by atoms with Crippen LogP contribution < -0.4 is 10.1 Å². The lowest BCUT2D eigenvalue weighted by Gasteiger charge is -2.18. The maximum Gasteiger partial charge on any atom is 0.230 e. The first kappa shape index (κ1) is 17.4. The molecule has 3 nitrogen and oxygen atoms in total. The summed E-state index contributed by atoms with van der Waals surface area (Å²) in [5.41, 5.74) is 3.34. The SMILES string of the molecule is COc1ccc(C)cc1C(C)NC(=O)CSc1ccccc1C. The van der Waals surface area contributed by atoms with Crippen molar-refractivity contribution < 1.29 is 9.53 Å². The van der Waals surface area contributed by atoms with Gasteiger partial charge in [-0.1, -0.05) is 35.9 Å². The van der Waals surface area contributed by atoms with Crippen molar-refractivity contribution >= 4 is 17.7 Å². The largest absolute Gasteiger partial charge is 0.496 e. The Hall–Kier alpha value is -1.94. The Morgan fingerprint density at radius 2 is 1.96 bits per heavy atom. The minimum Gasteiger partial charge on any atom is -0.496 e. The van der Waals surface area contributed by atoms with Gasteiger partial charge in [0.15, 0.2) is 0 Å². The van der Waals surface area contributed by atoms with E-state index >= 15 is 0 Å². The number of hydrogen-bond acceptors (Lipinski definition) is 3. The molecule has 1 amide bonds. The molecule has 0 fully saturated rings. The second-order valence-corrected chi connectivity index (χ2v) is 6.61. The molecule has 0 saturated heterocycles. The van der Waals surface area contributed by atoms with Crippen molar-refractivity contribution in [3.8, 4) is 5.75 Å². The van der Waals surface area contributed by atoms with Crippen LogP contribution in [0.2, 0.25) is 0 Å². The number of methoxy groups -OCH3 is 1. The summed E-state index contributed by atoms with van der Waals surface area (Å²) in [5.74, 6) is 1.23. The van der Waals surface area contributed by atoms with Crippen LogP contribution >= 0.6 is 11.8 Å². The van der Waals surface area contributed by atoms with Crippen molar-refractivity contribution in [1.29, 1.82) is 0 Å². The van der Waals surface area contributed by atoms with Gasteiger partial charge in [-0.05, 0) is 38.5 Å². The molecule has 0 aliphatic heterocycles. The molecule has 1 N–H and O–H groups in total. The van der Waals surface area contributed by atoms with Gasteiger partial charge in [0.05, 0.1) is 18.9 Å². The smallest absolute Gasteiger partial charge is 0.230 e. The van der Waals surface area contributed by atoms with Gasteiger partial charge >= 0.3 is 0 Å². The standard InChI is InChI=1S/C19H23NO2S/c1-13-9-10-17(22-4)16(11-13)15(3)20-19(21)12-23-18-8-6-5-7-14(18)2/h5-11,15H,12H2,1-4H3,(H,20,21). The Balaban J connectivity index is 1.97. The van der Waals surface area contributed by atoms with E-state index in [1.165, 1.54) is 5.56 Å². The fourth-order valence-electron chi connectivity index (χ4n) is 2.41. The van der Waals surface area contributed by atoms with E-state index in [1.54, 1.807) is 18.9 Å². The Morgan fingerprint density at radius 1 is 1.22 bits per heavy atom. The number of aryl methyl sites for hydroxylation is 2. The highest BCUT2D eigenvalue weighted by atomic mass is 32.2. The summed E-state index contributed by atoms with van der Waals surface area (Å²) in [5, 5.41) is 3.05. The van der Waals surface area contributed by atoms with E-state index in [4.69, 9.17) is 4.74 Å². The van der Waals surface area contributed by atoms with Gasteiger partial charge in [-0.25, -0.2) is 0 Å². The molecule has 2 rings (SSSR count). The van der Waals surface area contributed by atoms with Crippen LogP contribution in [0.3, 0.4) is 0 Å². The molecule has 0 aliphatic carbocycles. The van der Waals surface area contributed by atoms with Crippen LogP contribution in [0.5, 0.6) is 5.75 Å². The Labute approximate surface area is 142 Å². The zero-order valence-electron chi connectivity index (χ0n) is 14.1. The van der Waals surface area contributed by atoms with E-state index in [9.17, 15) is 4.79 Å². The van der Waals surface area contributed by atoms with Crippen molar-refractivity contribution in [3.63, 3.8) is 0 Å². The second-order valence-electron chi connectivity index (χ2n) is 5.59. The average Bonchev–Trinajstić information content (AvgIpc) is 2.54. The molecule has 0 heterocycles.